The first-order valence-electron chi connectivity index (χ1n) is 5.43. The molecule has 0 radical (unpaired) electrons. The molecule has 0 bridgehead atoms. The van der Waals surface area contributed by atoms with Crippen LogP contribution in [0.25, 0.3) is 0 Å². The van der Waals surface area contributed by atoms with Gasteiger partial charge in [0.1, 0.15) is 6.04 Å². The second-order valence-electron chi connectivity index (χ2n) is 4.03. The summed E-state index contributed by atoms with van der Waals surface area (Å²) in [7, 11) is 0. The van der Waals surface area contributed by atoms with E-state index in [1.54, 1.807) is 13.0 Å². The van der Waals surface area contributed by atoms with E-state index in [0.717, 1.165) is 5.56 Å². The molecule has 0 aliphatic rings. The average Bonchev–Trinajstić information content (AvgIpc) is 2.31. The van der Waals surface area contributed by atoms with Gasteiger partial charge >= 0.3 is 11.9 Å². The third kappa shape index (κ3) is 3.98. The number of carbonyl (C=O) groups is 3. The Labute approximate surface area is 109 Å². The minimum absolute atomic E-state index is 0.180. The molecule has 0 spiro atoms. The minimum atomic E-state index is -1.48. The number of benzene rings is 1. The van der Waals surface area contributed by atoms with Gasteiger partial charge in [0.2, 0.25) is 0 Å². The van der Waals surface area contributed by atoms with E-state index < -0.39 is 30.3 Å². The number of carboxylic acids is 2. The smallest absolute Gasteiger partial charge is 0.326 e. The molecule has 1 aromatic rings. The summed E-state index contributed by atoms with van der Waals surface area (Å²) in [6.07, 6.45) is -0.692. The van der Waals surface area contributed by atoms with Crippen molar-refractivity contribution < 1.29 is 24.6 Å². The molecule has 5 N–H and O–H groups in total. The maximum absolute atomic E-state index is 11.8. The second kappa shape index (κ2) is 5.85. The van der Waals surface area contributed by atoms with E-state index in [9.17, 15) is 14.4 Å². The zero-order chi connectivity index (χ0) is 14.6. The van der Waals surface area contributed by atoms with Crippen LogP contribution in [-0.2, 0) is 9.59 Å². The number of hydrogen-bond donors (Lipinski definition) is 4. The van der Waals surface area contributed by atoms with Crippen LogP contribution in [0.3, 0.4) is 0 Å². The van der Waals surface area contributed by atoms with Crippen molar-refractivity contribution in [2.75, 3.05) is 5.73 Å². The van der Waals surface area contributed by atoms with Crippen molar-refractivity contribution >= 4 is 23.5 Å². The van der Waals surface area contributed by atoms with Crippen LogP contribution in [0.1, 0.15) is 22.3 Å². The zero-order valence-corrected chi connectivity index (χ0v) is 10.2. The molecule has 1 aromatic carbocycles. The van der Waals surface area contributed by atoms with E-state index in [2.05, 4.69) is 5.32 Å². The van der Waals surface area contributed by atoms with Gasteiger partial charge in [-0.05, 0) is 24.6 Å². The lowest BCUT2D eigenvalue weighted by molar-refractivity contribution is -0.145. The van der Waals surface area contributed by atoms with Gasteiger partial charge < -0.3 is 21.3 Å². The third-order valence-electron chi connectivity index (χ3n) is 2.52. The summed E-state index contributed by atoms with van der Waals surface area (Å²) < 4.78 is 0. The molecule has 1 rings (SSSR count). The topological polar surface area (TPSA) is 130 Å². The molecular weight excluding hydrogens is 252 g/mol. The summed E-state index contributed by atoms with van der Waals surface area (Å²) >= 11 is 0. The summed E-state index contributed by atoms with van der Waals surface area (Å²) in [6, 6.07) is 3.04. The quantitative estimate of drug-likeness (QED) is 0.565. The van der Waals surface area contributed by atoms with E-state index in [-0.39, 0.29) is 5.56 Å². The Bertz CT molecular complexity index is 527. The van der Waals surface area contributed by atoms with Crippen molar-refractivity contribution in [1.29, 1.82) is 0 Å². The van der Waals surface area contributed by atoms with Gasteiger partial charge in [-0.15, -0.1) is 0 Å². The Kier molecular flexibility index (Phi) is 4.46. The van der Waals surface area contributed by atoms with Gasteiger partial charge in [-0.2, -0.15) is 0 Å². The number of nitrogen functional groups attached to an aromatic ring is 1. The Morgan fingerprint density at radius 3 is 2.42 bits per heavy atom. The normalized spacial score (nSPS) is 11.6. The average molecular weight is 266 g/mol. The molecule has 1 atom stereocenters. The predicted molar refractivity (Wildman–Crippen MR) is 66.7 cm³/mol. The van der Waals surface area contributed by atoms with Crippen molar-refractivity contribution in [3.8, 4) is 0 Å². The minimum Gasteiger partial charge on any atom is -0.481 e. The van der Waals surface area contributed by atoms with Crippen molar-refractivity contribution in [2.45, 2.75) is 19.4 Å². The highest BCUT2D eigenvalue weighted by molar-refractivity contribution is 5.98. The van der Waals surface area contributed by atoms with E-state index in [4.69, 9.17) is 15.9 Å². The lowest BCUT2D eigenvalue weighted by atomic mass is 10.1. The first-order valence-corrected chi connectivity index (χ1v) is 5.43. The SMILES string of the molecule is Cc1ccc(C(=O)NC(CC(=O)O)C(=O)O)cc1N. The Morgan fingerprint density at radius 2 is 1.95 bits per heavy atom. The highest BCUT2D eigenvalue weighted by Crippen LogP contribution is 2.13. The second-order valence-corrected chi connectivity index (χ2v) is 4.03. The lowest BCUT2D eigenvalue weighted by Crippen LogP contribution is -2.42. The summed E-state index contributed by atoms with van der Waals surface area (Å²) in [4.78, 5) is 33.1. The monoisotopic (exact) mass is 266 g/mol. The Hall–Kier alpha value is -2.57. The van der Waals surface area contributed by atoms with Gasteiger partial charge in [-0.1, -0.05) is 6.07 Å². The molecule has 102 valence electrons. The molecule has 0 aromatic heterocycles. The van der Waals surface area contributed by atoms with Gasteiger partial charge in [0.05, 0.1) is 6.42 Å². The lowest BCUT2D eigenvalue weighted by Gasteiger charge is -2.13. The van der Waals surface area contributed by atoms with Gasteiger partial charge in [-0.25, -0.2) is 4.79 Å². The van der Waals surface area contributed by atoms with Gasteiger partial charge in [0, 0.05) is 11.3 Å². The molecule has 19 heavy (non-hydrogen) atoms. The Morgan fingerprint density at radius 1 is 1.32 bits per heavy atom. The Balaban J connectivity index is 2.84. The third-order valence-corrected chi connectivity index (χ3v) is 2.52. The molecule has 7 heteroatoms. The number of anilines is 1. The molecule has 0 heterocycles. The van der Waals surface area contributed by atoms with Crippen LogP contribution >= 0.6 is 0 Å². The largest absolute Gasteiger partial charge is 0.481 e. The number of aryl methyl sites for hydroxylation is 1. The van der Waals surface area contributed by atoms with Crippen LogP contribution in [0, 0.1) is 6.92 Å². The maximum Gasteiger partial charge on any atom is 0.326 e. The van der Waals surface area contributed by atoms with Crippen molar-refractivity contribution in [3.05, 3.63) is 29.3 Å². The van der Waals surface area contributed by atoms with Crippen LogP contribution in [0.4, 0.5) is 5.69 Å². The molecule has 0 saturated heterocycles. The maximum atomic E-state index is 11.8. The fourth-order valence-corrected chi connectivity index (χ4v) is 1.40. The predicted octanol–water partition coefficient (Wildman–Crippen LogP) is 0.235. The van der Waals surface area contributed by atoms with Gasteiger partial charge in [0.25, 0.3) is 5.91 Å². The number of aliphatic carboxylic acids is 2. The summed E-state index contributed by atoms with van der Waals surface area (Å²) in [5, 5.41) is 19.5. The van der Waals surface area contributed by atoms with E-state index in [1.807, 2.05) is 0 Å². The van der Waals surface area contributed by atoms with Crippen LogP contribution in [0.5, 0.6) is 0 Å². The van der Waals surface area contributed by atoms with Gasteiger partial charge in [-0.3, -0.25) is 9.59 Å². The molecule has 1 unspecified atom stereocenters. The number of nitrogens with one attached hydrogen (secondary N) is 1. The van der Waals surface area contributed by atoms with E-state index in [1.165, 1.54) is 12.1 Å². The van der Waals surface area contributed by atoms with Crippen LogP contribution < -0.4 is 11.1 Å². The summed E-state index contributed by atoms with van der Waals surface area (Å²) in [6.45, 7) is 1.77. The van der Waals surface area contributed by atoms with Crippen molar-refractivity contribution in [1.82, 2.24) is 5.32 Å². The molecule has 0 fully saturated rings. The molecule has 0 saturated carbocycles. The highest BCUT2D eigenvalue weighted by Gasteiger charge is 2.23. The zero-order valence-electron chi connectivity index (χ0n) is 10.2. The van der Waals surface area contributed by atoms with Crippen LogP contribution in [0.15, 0.2) is 18.2 Å². The molecule has 1 amide bonds. The molecular formula is C12H14N2O5. The fourth-order valence-electron chi connectivity index (χ4n) is 1.40. The molecule has 0 aliphatic heterocycles. The number of hydrogen-bond acceptors (Lipinski definition) is 4. The fraction of sp³-hybridized carbons (Fsp3) is 0.250. The number of amides is 1. The van der Waals surface area contributed by atoms with E-state index in [0.29, 0.717) is 5.69 Å². The number of carbonyl (C=O) groups excluding carboxylic acids is 1. The van der Waals surface area contributed by atoms with Gasteiger partial charge in [0.15, 0.2) is 0 Å². The molecule has 7 nitrogen and oxygen atoms in total. The number of nitrogens with two attached hydrogens (primary N) is 1. The molecule has 0 aliphatic carbocycles. The number of rotatable bonds is 5. The summed E-state index contributed by atoms with van der Waals surface area (Å²) in [5.74, 6) is -3.40. The van der Waals surface area contributed by atoms with E-state index >= 15 is 0 Å². The standard InChI is InChI=1S/C12H14N2O5/c1-6-2-3-7(4-8(6)13)11(17)14-9(12(18)19)5-10(15)16/h2-4,9H,5,13H2,1H3,(H,14,17)(H,15,16)(H,18,19). The summed E-state index contributed by atoms with van der Waals surface area (Å²) in [5.41, 5.74) is 7.01. The van der Waals surface area contributed by atoms with Crippen molar-refractivity contribution in [3.63, 3.8) is 0 Å². The first-order chi connectivity index (χ1) is 8.81. The first kappa shape index (κ1) is 14.5. The van der Waals surface area contributed by atoms with Crippen LogP contribution in [-0.4, -0.2) is 34.1 Å². The van der Waals surface area contributed by atoms with Crippen molar-refractivity contribution in [2.24, 2.45) is 0 Å². The highest BCUT2D eigenvalue weighted by atomic mass is 16.4. The van der Waals surface area contributed by atoms with Crippen LogP contribution in [0.2, 0.25) is 0 Å². The number of carboxylic acid groups (broad SMARTS) is 2.